The molecule has 0 saturated heterocycles. The minimum atomic E-state index is -0.188. The van der Waals surface area contributed by atoms with Crippen molar-refractivity contribution in [2.45, 2.75) is 58.1 Å². The first-order chi connectivity index (χ1) is 10.9. The Morgan fingerprint density at radius 2 is 2.22 bits per heavy atom. The standard InChI is InChI=1S/C17H22N2O2S2/c1-9(2)21-14(20)8-22-16-15-12-6-5-10(3)7-13(12)23-17(15)19-11(4)18-16/h9-10H,5-8H2,1-4H3/t10-/m1/s1. The molecule has 2 heterocycles. The highest BCUT2D eigenvalue weighted by molar-refractivity contribution is 8.00. The highest BCUT2D eigenvalue weighted by atomic mass is 32.2. The second-order valence-electron chi connectivity index (χ2n) is 6.44. The molecule has 23 heavy (non-hydrogen) atoms. The number of fused-ring (bicyclic) bond motifs is 3. The molecule has 0 saturated carbocycles. The number of nitrogens with zero attached hydrogens (tertiary/aromatic N) is 2. The van der Waals surface area contributed by atoms with Gasteiger partial charge >= 0.3 is 5.97 Å². The summed E-state index contributed by atoms with van der Waals surface area (Å²) in [5, 5.41) is 2.10. The summed E-state index contributed by atoms with van der Waals surface area (Å²) >= 11 is 3.27. The Bertz CT molecular complexity index is 740. The van der Waals surface area contributed by atoms with Gasteiger partial charge in [0.2, 0.25) is 0 Å². The van der Waals surface area contributed by atoms with Gasteiger partial charge in [-0.3, -0.25) is 4.79 Å². The third kappa shape index (κ3) is 3.69. The number of aromatic nitrogens is 2. The van der Waals surface area contributed by atoms with Gasteiger partial charge in [0.25, 0.3) is 0 Å². The number of esters is 1. The molecule has 0 aliphatic heterocycles. The minimum absolute atomic E-state index is 0.0781. The summed E-state index contributed by atoms with van der Waals surface area (Å²) in [7, 11) is 0. The Labute approximate surface area is 145 Å². The predicted octanol–water partition coefficient (Wildman–Crippen LogP) is 4.17. The molecular formula is C17H22N2O2S2. The Balaban J connectivity index is 1.91. The summed E-state index contributed by atoms with van der Waals surface area (Å²) in [6.07, 6.45) is 3.36. The van der Waals surface area contributed by atoms with Crippen LogP contribution in [0.3, 0.4) is 0 Å². The number of thiophene rings is 1. The monoisotopic (exact) mass is 350 g/mol. The van der Waals surface area contributed by atoms with Gasteiger partial charge in [0, 0.05) is 10.3 Å². The Morgan fingerprint density at radius 1 is 1.43 bits per heavy atom. The zero-order valence-corrected chi connectivity index (χ0v) is 15.6. The summed E-state index contributed by atoms with van der Waals surface area (Å²) in [6.45, 7) is 7.96. The van der Waals surface area contributed by atoms with Crippen LogP contribution in [0.25, 0.3) is 10.2 Å². The predicted molar refractivity (Wildman–Crippen MR) is 95.3 cm³/mol. The third-order valence-electron chi connectivity index (χ3n) is 3.93. The molecule has 124 valence electrons. The summed E-state index contributed by atoms with van der Waals surface area (Å²) in [5.74, 6) is 1.61. The number of rotatable bonds is 4. The van der Waals surface area contributed by atoms with Crippen LogP contribution in [0.5, 0.6) is 0 Å². The first-order valence-corrected chi connectivity index (χ1v) is 9.85. The van der Waals surface area contributed by atoms with Crippen LogP contribution < -0.4 is 0 Å². The lowest BCUT2D eigenvalue weighted by atomic mass is 9.89. The maximum atomic E-state index is 11.8. The van der Waals surface area contributed by atoms with Gasteiger partial charge in [0.05, 0.1) is 11.9 Å². The molecule has 0 unspecified atom stereocenters. The molecule has 0 bridgehead atoms. The van der Waals surface area contributed by atoms with Gasteiger partial charge in [-0.15, -0.1) is 11.3 Å². The maximum Gasteiger partial charge on any atom is 0.316 e. The Morgan fingerprint density at radius 3 is 2.96 bits per heavy atom. The number of aryl methyl sites for hydroxylation is 2. The van der Waals surface area contributed by atoms with E-state index in [1.807, 2.05) is 20.8 Å². The van der Waals surface area contributed by atoms with Crippen molar-refractivity contribution in [2.24, 2.45) is 5.92 Å². The number of carbonyl (C=O) groups is 1. The van der Waals surface area contributed by atoms with E-state index in [9.17, 15) is 4.79 Å². The van der Waals surface area contributed by atoms with Crippen molar-refractivity contribution in [3.05, 3.63) is 16.3 Å². The molecular weight excluding hydrogens is 328 g/mol. The lowest BCUT2D eigenvalue weighted by Crippen LogP contribution is -2.13. The summed E-state index contributed by atoms with van der Waals surface area (Å²) < 4.78 is 5.22. The van der Waals surface area contributed by atoms with Crippen LogP contribution >= 0.6 is 23.1 Å². The van der Waals surface area contributed by atoms with Gasteiger partial charge in [-0.25, -0.2) is 9.97 Å². The van der Waals surface area contributed by atoms with Gasteiger partial charge in [-0.1, -0.05) is 18.7 Å². The van der Waals surface area contributed by atoms with Crippen LogP contribution in [-0.2, 0) is 22.4 Å². The molecule has 2 aromatic heterocycles. The molecule has 6 heteroatoms. The lowest BCUT2D eigenvalue weighted by Gasteiger charge is -2.18. The van der Waals surface area contributed by atoms with E-state index in [1.54, 1.807) is 11.3 Å². The van der Waals surface area contributed by atoms with E-state index in [2.05, 4.69) is 16.9 Å². The number of carbonyl (C=O) groups excluding carboxylic acids is 1. The molecule has 4 nitrogen and oxygen atoms in total. The number of hydrogen-bond donors (Lipinski definition) is 0. The van der Waals surface area contributed by atoms with Gasteiger partial charge < -0.3 is 4.74 Å². The van der Waals surface area contributed by atoms with Crippen LogP contribution in [0.2, 0.25) is 0 Å². The Hall–Kier alpha value is -1.14. The molecule has 1 atom stereocenters. The van der Waals surface area contributed by atoms with Crippen molar-refractivity contribution in [1.29, 1.82) is 0 Å². The van der Waals surface area contributed by atoms with E-state index < -0.39 is 0 Å². The van der Waals surface area contributed by atoms with E-state index in [-0.39, 0.29) is 12.1 Å². The van der Waals surface area contributed by atoms with Crippen molar-refractivity contribution < 1.29 is 9.53 Å². The topological polar surface area (TPSA) is 52.1 Å². The van der Waals surface area contributed by atoms with E-state index in [1.165, 1.54) is 34.0 Å². The van der Waals surface area contributed by atoms with Gasteiger partial charge in [0.15, 0.2) is 0 Å². The van der Waals surface area contributed by atoms with Crippen LogP contribution in [0, 0.1) is 12.8 Å². The molecule has 0 radical (unpaired) electrons. The highest BCUT2D eigenvalue weighted by Gasteiger charge is 2.24. The number of hydrogen-bond acceptors (Lipinski definition) is 6. The van der Waals surface area contributed by atoms with Crippen molar-refractivity contribution in [3.8, 4) is 0 Å². The number of ether oxygens (including phenoxy) is 1. The lowest BCUT2D eigenvalue weighted by molar-refractivity contribution is -0.144. The number of thioether (sulfide) groups is 1. The van der Waals surface area contributed by atoms with Crippen LogP contribution in [0.15, 0.2) is 5.03 Å². The molecule has 0 spiro atoms. The zero-order chi connectivity index (χ0) is 16.6. The van der Waals surface area contributed by atoms with Gasteiger partial charge in [0.1, 0.15) is 15.7 Å². The fourth-order valence-corrected chi connectivity index (χ4v) is 5.32. The van der Waals surface area contributed by atoms with Crippen molar-refractivity contribution in [3.63, 3.8) is 0 Å². The fourth-order valence-electron chi connectivity index (χ4n) is 2.94. The summed E-state index contributed by atoms with van der Waals surface area (Å²) in [4.78, 5) is 23.6. The molecule has 1 aliphatic carbocycles. The molecule has 0 N–H and O–H groups in total. The molecule has 1 aliphatic rings. The van der Waals surface area contributed by atoms with E-state index in [0.717, 1.165) is 34.4 Å². The normalized spacial score (nSPS) is 17.5. The first kappa shape index (κ1) is 16.7. The van der Waals surface area contributed by atoms with Crippen molar-refractivity contribution in [2.75, 3.05) is 5.75 Å². The maximum absolute atomic E-state index is 11.8. The second-order valence-corrected chi connectivity index (χ2v) is 8.48. The molecule has 0 aromatic carbocycles. The van der Waals surface area contributed by atoms with E-state index in [4.69, 9.17) is 4.74 Å². The van der Waals surface area contributed by atoms with Crippen LogP contribution in [-0.4, -0.2) is 27.8 Å². The molecule has 2 aromatic rings. The summed E-state index contributed by atoms with van der Waals surface area (Å²) in [6, 6.07) is 0. The summed E-state index contributed by atoms with van der Waals surface area (Å²) in [5.41, 5.74) is 1.41. The highest BCUT2D eigenvalue weighted by Crippen LogP contribution is 2.40. The minimum Gasteiger partial charge on any atom is -0.462 e. The average Bonchev–Trinajstić information content (AvgIpc) is 2.80. The van der Waals surface area contributed by atoms with Crippen LogP contribution in [0.1, 0.15) is 43.5 Å². The van der Waals surface area contributed by atoms with E-state index >= 15 is 0 Å². The molecule has 0 amide bonds. The van der Waals surface area contributed by atoms with Crippen molar-refractivity contribution in [1.82, 2.24) is 9.97 Å². The average molecular weight is 351 g/mol. The smallest absolute Gasteiger partial charge is 0.316 e. The van der Waals surface area contributed by atoms with E-state index in [0.29, 0.717) is 5.75 Å². The SMILES string of the molecule is Cc1nc(SCC(=O)OC(C)C)c2c3c(sc2n1)C[C@H](C)CC3. The largest absolute Gasteiger partial charge is 0.462 e. The fraction of sp³-hybridized carbons (Fsp3) is 0.588. The molecule has 0 fully saturated rings. The van der Waals surface area contributed by atoms with Gasteiger partial charge in [-0.05, 0) is 51.5 Å². The van der Waals surface area contributed by atoms with Crippen LogP contribution in [0.4, 0.5) is 0 Å². The first-order valence-electron chi connectivity index (χ1n) is 8.05. The molecule has 3 rings (SSSR count). The second kappa shape index (κ2) is 6.77. The quantitative estimate of drug-likeness (QED) is 0.471. The zero-order valence-electron chi connectivity index (χ0n) is 14.0. The van der Waals surface area contributed by atoms with Gasteiger partial charge in [-0.2, -0.15) is 0 Å². The van der Waals surface area contributed by atoms with Crippen molar-refractivity contribution >= 4 is 39.3 Å². The third-order valence-corrected chi connectivity index (χ3v) is 6.02. The Kier molecular flexibility index (Phi) is 4.92.